The Morgan fingerprint density at radius 1 is 0.900 bits per heavy atom. The molecule has 3 aliphatic rings. The minimum absolute atomic E-state index is 0.142. The van der Waals surface area contributed by atoms with E-state index in [1.807, 2.05) is 0 Å². The van der Waals surface area contributed by atoms with E-state index in [-0.39, 0.29) is 12.1 Å². The molecule has 5 nitrogen and oxygen atoms in total. The Labute approximate surface area is 122 Å². The van der Waals surface area contributed by atoms with Crippen molar-refractivity contribution in [2.75, 3.05) is 13.1 Å². The van der Waals surface area contributed by atoms with Crippen LogP contribution in [0, 0.1) is 0 Å². The highest BCUT2D eigenvalue weighted by Gasteiger charge is 2.35. The quantitative estimate of drug-likeness (QED) is 0.779. The highest BCUT2D eigenvalue weighted by molar-refractivity contribution is 7.87. The Kier molecular flexibility index (Phi) is 4.65. The number of hydrogen-bond acceptors (Lipinski definition) is 3. The van der Waals surface area contributed by atoms with Crippen LogP contribution in [0.15, 0.2) is 0 Å². The van der Waals surface area contributed by atoms with E-state index in [1.54, 1.807) is 4.31 Å². The molecule has 1 heterocycles. The molecule has 2 saturated carbocycles. The predicted molar refractivity (Wildman–Crippen MR) is 79.7 cm³/mol. The molecule has 3 rings (SSSR count). The molecule has 0 aromatic heterocycles. The molecule has 116 valence electrons. The summed E-state index contributed by atoms with van der Waals surface area (Å²) in [5, 5.41) is 3.49. The third-order valence-corrected chi connectivity index (χ3v) is 6.50. The maximum Gasteiger partial charge on any atom is 0.279 e. The summed E-state index contributed by atoms with van der Waals surface area (Å²) < 4.78 is 29.9. The molecular weight excluding hydrogens is 274 g/mol. The van der Waals surface area contributed by atoms with E-state index in [0.717, 1.165) is 51.5 Å². The Balaban J connectivity index is 1.60. The van der Waals surface area contributed by atoms with Crippen molar-refractivity contribution in [2.45, 2.75) is 75.9 Å². The molecule has 6 heteroatoms. The van der Waals surface area contributed by atoms with Gasteiger partial charge < -0.3 is 5.32 Å². The van der Waals surface area contributed by atoms with Crippen molar-refractivity contribution in [3.05, 3.63) is 0 Å². The average Bonchev–Trinajstić information content (AvgIpc) is 3.13. The maximum absolute atomic E-state index is 12.6. The first-order chi connectivity index (χ1) is 9.65. The normalized spacial score (nSPS) is 29.9. The van der Waals surface area contributed by atoms with E-state index in [0.29, 0.717) is 12.6 Å². The highest BCUT2D eigenvalue weighted by atomic mass is 32.2. The van der Waals surface area contributed by atoms with Crippen LogP contribution in [0.3, 0.4) is 0 Å². The molecule has 2 aliphatic carbocycles. The first kappa shape index (κ1) is 14.8. The Morgan fingerprint density at radius 2 is 1.60 bits per heavy atom. The molecule has 0 bridgehead atoms. The van der Waals surface area contributed by atoms with Gasteiger partial charge in [0.2, 0.25) is 0 Å². The highest BCUT2D eigenvalue weighted by Crippen LogP contribution is 2.24. The molecular formula is C14H27N3O2S. The van der Waals surface area contributed by atoms with Crippen LogP contribution in [0.1, 0.15) is 57.8 Å². The molecule has 0 amide bonds. The molecule has 0 radical (unpaired) electrons. The van der Waals surface area contributed by atoms with Crippen LogP contribution < -0.4 is 10.0 Å². The van der Waals surface area contributed by atoms with E-state index in [1.165, 1.54) is 12.8 Å². The van der Waals surface area contributed by atoms with Gasteiger partial charge in [-0.3, -0.25) is 0 Å². The molecule has 1 unspecified atom stereocenters. The van der Waals surface area contributed by atoms with E-state index < -0.39 is 10.2 Å². The summed E-state index contributed by atoms with van der Waals surface area (Å²) in [6, 6.07) is 0.950. The summed E-state index contributed by atoms with van der Waals surface area (Å²) in [5.74, 6) is 0. The lowest BCUT2D eigenvalue weighted by Gasteiger charge is -2.35. The molecule has 1 atom stereocenters. The van der Waals surface area contributed by atoms with Crippen molar-refractivity contribution in [3.8, 4) is 0 Å². The fraction of sp³-hybridized carbons (Fsp3) is 1.00. The predicted octanol–water partition coefficient (Wildman–Crippen LogP) is 1.37. The molecule has 3 fully saturated rings. The van der Waals surface area contributed by atoms with Crippen LogP contribution in [-0.4, -0.2) is 43.9 Å². The second-order valence-corrected chi connectivity index (χ2v) is 8.20. The summed E-state index contributed by atoms with van der Waals surface area (Å²) in [5.41, 5.74) is 0. The van der Waals surface area contributed by atoms with Gasteiger partial charge in [-0.25, -0.2) is 0 Å². The van der Waals surface area contributed by atoms with E-state index in [2.05, 4.69) is 10.0 Å². The minimum Gasteiger partial charge on any atom is -0.312 e. The van der Waals surface area contributed by atoms with E-state index >= 15 is 0 Å². The lowest BCUT2D eigenvalue weighted by molar-refractivity contribution is 0.241. The summed E-state index contributed by atoms with van der Waals surface area (Å²) in [7, 11) is -3.30. The fourth-order valence-electron chi connectivity index (χ4n) is 3.41. The zero-order valence-electron chi connectivity index (χ0n) is 12.2. The molecule has 0 aromatic carbocycles. The van der Waals surface area contributed by atoms with Crippen molar-refractivity contribution < 1.29 is 8.42 Å². The summed E-state index contributed by atoms with van der Waals surface area (Å²) in [4.78, 5) is 0. The first-order valence-electron chi connectivity index (χ1n) is 8.17. The lowest BCUT2D eigenvalue weighted by atomic mass is 10.1. The van der Waals surface area contributed by atoms with E-state index in [4.69, 9.17) is 0 Å². The van der Waals surface area contributed by atoms with Gasteiger partial charge in [-0.1, -0.05) is 19.3 Å². The van der Waals surface area contributed by atoms with Gasteiger partial charge in [0.05, 0.1) is 0 Å². The van der Waals surface area contributed by atoms with Crippen LogP contribution in [0.5, 0.6) is 0 Å². The fourth-order valence-corrected chi connectivity index (χ4v) is 5.14. The zero-order chi connectivity index (χ0) is 14.0. The van der Waals surface area contributed by atoms with Crippen LogP contribution in [-0.2, 0) is 10.2 Å². The van der Waals surface area contributed by atoms with Gasteiger partial charge in [-0.15, -0.1) is 0 Å². The second kappa shape index (κ2) is 6.30. The Hall–Kier alpha value is -0.170. The molecule has 1 aliphatic heterocycles. The van der Waals surface area contributed by atoms with Gasteiger partial charge in [0.1, 0.15) is 0 Å². The zero-order valence-corrected chi connectivity index (χ0v) is 13.0. The number of nitrogens with zero attached hydrogens (tertiary/aromatic N) is 1. The van der Waals surface area contributed by atoms with Crippen LogP contribution in [0.4, 0.5) is 0 Å². The molecule has 2 N–H and O–H groups in total. The van der Waals surface area contributed by atoms with Gasteiger partial charge in [0.15, 0.2) is 0 Å². The van der Waals surface area contributed by atoms with E-state index in [9.17, 15) is 8.42 Å². The molecule has 20 heavy (non-hydrogen) atoms. The molecule has 1 saturated heterocycles. The van der Waals surface area contributed by atoms with Gasteiger partial charge in [0, 0.05) is 31.2 Å². The van der Waals surface area contributed by atoms with Crippen molar-refractivity contribution in [3.63, 3.8) is 0 Å². The van der Waals surface area contributed by atoms with Gasteiger partial charge in [0.25, 0.3) is 10.2 Å². The molecule has 0 spiro atoms. The summed E-state index contributed by atoms with van der Waals surface area (Å²) >= 11 is 0. The van der Waals surface area contributed by atoms with Gasteiger partial charge in [-0.05, 0) is 38.5 Å². The third kappa shape index (κ3) is 3.72. The monoisotopic (exact) mass is 301 g/mol. The standard InChI is InChI=1S/C14H27N3O2S/c18-20(19,16-13-5-1-2-6-13)17-10-4-3-7-14(17)11-15-12-8-9-12/h12-16H,1-11H2. The van der Waals surface area contributed by atoms with Crippen LogP contribution >= 0.6 is 0 Å². The summed E-state index contributed by atoms with van der Waals surface area (Å²) in [6.45, 7) is 1.50. The van der Waals surface area contributed by atoms with Gasteiger partial charge >= 0.3 is 0 Å². The number of piperidine rings is 1. The van der Waals surface area contributed by atoms with Gasteiger partial charge in [-0.2, -0.15) is 17.4 Å². The smallest absolute Gasteiger partial charge is 0.279 e. The maximum atomic E-state index is 12.6. The summed E-state index contributed by atoms with van der Waals surface area (Å²) in [6.07, 6.45) is 9.93. The largest absolute Gasteiger partial charge is 0.312 e. The van der Waals surface area contributed by atoms with Crippen LogP contribution in [0.2, 0.25) is 0 Å². The number of nitrogens with one attached hydrogen (secondary N) is 2. The van der Waals surface area contributed by atoms with Crippen molar-refractivity contribution in [1.29, 1.82) is 0 Å². The SMILES string of the molecule is O=S(=O)(NC1CCCC1)N1CCCCC1CNC1CC1. The molecule has 0 aromatic rings. The first-order valence-corrected chi connectivity index (χ1v) is 9.61. The van der Waals surface area contributed by atoms with Crippen molar-refractivity contribution in [1.82, 2.24) is 14.3 Å². The van der Waals surface area contributed by atoms with Crippen LogP contribution in [0.25, 0.3) is 0 Å². The lowest BCUT2D eigenvalue weighted by Crippen LogP contribution is -2.54. The topological polar surface area (TPSA) is 61.4 Å². The minimum atomic E-state index is -3.30. The van der Waals surface area contributed by atoms with Crippen molar-refractivity contribution >= 4 is 10.2 Å². The second-order valence-electron chi connectivity index (χ2n) is 6.55. The number of rotatable bonds is 6. The Morgan fingerprint density at radius 3 is 2.30 bits per heavy atom. The van der Waals surface area contributed by atoms with Crippen molar-refractivity contribution in [2.24, 2.45) is 0 Å². The Bertz CT molecular complexity index is 416. The third-order valence-electron chi connectivity index (χ3n) is 4.77. The number of hydrogen-bond donors (Lipinski definition) is 2. The average molecular weight is 301 g/mol.